The molecule has 0 aromatic rings. The summed E-state index contributed by atoms with van der Waals surface area (Å²) in [4.78, 5) is 24.1. The fourth-order valence-corrected chi connectivity index (χ4v) is 4.54. The molecular weight excluding hydrogens is 384 g/mol. The molecule has 0 unspecified atom stereocenters. The molecule has 0 bridgehead atoms. The van der Waals surface area contributed by atoms with Gasteiger partial charge in [0.15, 0.2) is 0 Å². The summed E-state index contributed by atoms with van der Waals surface area (Å²) in [5.74, 6) is -0.744. The summed E-state index contributed by atoms with van der Waals surface area (Å²) in [5, 5.41) is 0. The molecule has 3 heteroatoms. The molecule has 0 spiro atoms. The van der Waals surface area contributed by atoms with Crippen molar-refractivity contribution in [1.29, 1.82) is 0 Å². The summed E-state index contributed by atoms with van der Waals surface area (Å²) in [7, 11) is 0. The molecule has 0 radical (unpaired) electrons. The van der Waals surface area contributed by atoms with Crippen LogP contribution in [0.2, 0.25) is 0 Å². The molecule has 1 rings (SSSR count). The maximum absolute atomic E-state index is 12.1. The van der Waals surface area contributed by atoms with Crippen molar-refractivity contribution >= 4 is 11.9 Å². The lowest BCUT2D eigenvalue weighted by molar-refractivity contribution is -0.151. The highest BCUT2D eigenvalue weighted by Gasteiger charge is 2.31. The minimum absolute atomic E-state index is 0.372. The van der Waals surface area contributed by atoms with E-state index in [4.69, 9.17) is 4.74 Å². The van der Waals surface area contributed by atoms with Gasteiger partial charge >= 0.3 is 11.9 Å². The molecule has 31 heavy (non-hydrogen) atoms. The summed E-state index contributed by atoms with van der Waals surface area (Å²) >= 11 is 0. The molecule has 0 saturated heterocycles. The van der Waals surface area contributed by atoms with E-state index in [-0.39, 0.29) is 11.9 Å². The van der Waals surface area contributed by atoms with Gasteiger partial charge in [-0.3, -0.25) is 0 Å². The van der Waals surface area contributed by atoms with Crippen LogP contribution in [-0.4, -0.2) is 11.9 Å². The maximum atomic E-state index is 12.1. The van der Waals surface area contributed by atoms with Crippen LogP contribution in [0.1, 0.15) is 155 Å². The monoisotopic (exact) mass is 434 g/mol. The lowest BCUT2D eigenvalue weighted by atomic mass is 9.97. The molecule has 0 atom stereocenters. The largest absolute Gasteiger partial charge is 0.386 e. The molecule has 0 aromatic carbocycles. The van der Waals surface area contributed by atoms with Gasteiger partial charge in [-0.2, -0.15) is 0 Å². The van der Waals surface area contributed by atoms with Crippen LogP contribution in [0.4, 0.5) is 0 Å². The van der Waals surface area contributed by atoms with Gasteiger partial charge in [0.1, 0.15) is 0 Å². The van der Waals surface area contributed by atoms with Crippen LogP contribution in [0.3, 0.4) is 0 Å². The topological polar surface area (TPSA) is 43.4 Å². The molecule has 180 valence electrons. The second-order valence-corrected chi connectivity index (χ2v) is 9.50. The van der Waals surface area contributed by atoms with E-state index in [2.05, 4.69) is 13.8 Å². The first-order valence-corrected chi connectivity index (χ1v) is 13.7. The second kappa shape index (κ2) is 19.6. The number of hydrogen-bond donors (Lipinski definition) is 0. The van der Waals surface area contributed by atoms with Crippen molar-refractivity contribution in [2.75, 3.05) is 0 Å². The zero-order chi connectivity index (χ0) is 22.6. The molecule has 0 fully saturated rings. The molecule has 0 amide bonds. The quantitative estimate of drug-likeness (QED) is 0.0969. The first-order valence-electron chi connectivity index (χ1n) is 13.7. The lowest BCUT2D eigenvalue weighted by Gasteiger charge is -2.05. The van der Waals surface area contributed by atoms with Gasteiger partial charge in [0.2, 0.25) is 0 Å². The van der Waals surface area contributed by atoms with E-state index >= 15 is 0 Å². The first-order chi connectivity index (χ1) is 15.2. The van der Waals surface area contributed by atoms with Gasteiger partial charge in [-0.1, -0.05) is 129 Å². The third-order valence-electron chi connectivity index (χ3n) is 6.60. The predicted molar refractivity (Wildman–Crippen MR) is 131 cm³/mol. The van der Waals surface area contributed by atoms with Crippen LogP contribution in [0, 0.1) is 0 Å². The fourth-order valence-electron chi connectivity index (χ4n) is 4.54. The average Bonchev–Trinajstić information content (AvgIpc) is 3.03. The lowest BCUT2D eigenvalue weighted by Crippen LogP contribution is -2.02. The normalized spacial score (nSPS) is 14.0. The van der Waals surface area contributed by atoms with Crippen molar-refractivity contribution < 1.29 is 14.3 Å². The van der Waals surface area contributed by atoms with E-state index in [1.54, 1.807) is 0 Å². The van der Waals surface area contributed by atoms with Crippen molar-refractivity contribution in [2.24, 2.45) is 0 Å². The number of carbonyl (C=O) groups is 2. The van der Waals surface area contributed by atoms with Crippen LogP contribution in [-0.2, 0) is 14.3 Å². The van der Waals surface area contributed by atoms with Crippen LogP contribution in [0.5, 0.6) is 0 Å². The molecule has 0 N–H and O–H groups in total. The van der Waals surface area contributed by atoms with Gasteiger partial charge in [-0.05, 0) is 25.7 Å². The summed E-state index contributed by atoms with van der Waals surface area (Å²) in [6.45, 7) is 4.51. The number of esters is 2. The molecule has 1 heterocycles. The van der Waals surface area contributed by atoms with E-state index in [1.165, 1.54) is 103 Å². The number of unbranched alkanes of at least 4 members (excludes halogenated alkanes) is 18. The van der Waals surface area contributed by atoms with Crippen molar-refractivity contribution in [2.45, 2.75) is 155 Å². The Morgan fingerprint density at radius 3 is 0.968 bits per heavy atom. The Bertz CT molecular complexity index is 462. The van der Waals surface area contributed by atoms with Crippen LogP contribution >= 0.6 is 0 Å². The van der Waals surface area contributed by atoms with Crippen LogP contribution < -0.4 is 0 Å². The van der Waals surface area contributed by atoms with Crippen molar-refractivity contribution in [3.05, 3.63) is 11.1 Å². The van der Waals surface area contributed by atoms with E-state index in [1.807, 2.05) is 0 Å². The first kappa shape index (κ1) is 27.9. The predicted octanol–water partition coefficient (Wildman–Crippen LogP) is 8.99. The smallest absolute Gasteiger partial charge is 0.342 e. The molecule has 0 aliphatic carbocycles. The van der Waals surface area contributed by atoms with Crippen molar-refractivity contribution in [3.8, 4) is 0 Å². The molecule has 1 aliphatic heterocycles. The SMILES string of the molecule is CCCCCCCCCCCCC1=C(CCCCCCCCCCCC)C(=O)OC1=O. The average molecular weight is 435 g/mol. The van der Waals surface area contributed by atoms with Crippen molar-refractivity contribution in [3.63, 3.8) is 0 Å². The Kier molecular flexibility index (Phi) is 17.6. The second-order valence-electron chi connectivity index (χ2n) is 9.50. The van der Waals surface area contributed by atoms with Gasteiger partial charge < -0.3 is 4.74 Å². The van der Waals surface area contributed by atoms with Gasteiger partial charge in [-0.15, -0.1) is 0 Å². The van der Waals surface area contributed by atoms with Gasteiger partial charge in [0.25, 0.3) is 0 Å². The van der Waals surface area contributed by atoms with Crippen LogP contribution in [0.25, 0.3) is 0 Å². The molecule has 1 aliphatic rings. The number of ether oxygens (including phenoxy) is 1. The Labute approximate surface area is 192 Å². The molecule has 3 nitrogen and oxygen atoms in total. The van der Waals surface area contributed by atoms with Crippen LogP contribution in [0.15, 0.2) is 11.1 Å². The fraction of sp³-hybridized carbons (Fsp3) is 0.857. The highest BCUT2D eigenvalue weighted by Crippen LogP contribution is 2.27. The number of rotatable bonds is 22. The summed E-state index contributed by atoms with van der Waals surface area (Å²) < 4.78 is 4.92. The molecular formula is C28H50O3. The summed E-state index contributed by atoms with van der Waals surface area (Å²) in [6.07, 6.45) is 27.0. The third-order valence-corrected chi connectivity index (χ3v) is 6.60. The van der Waals surface area contributed by atoms with Crippen molar-refractivity contribution in [1.82, 2.24) is 0 Å². The maximum Gasteiger partial charge on any atom is 0.342 e. The Hall–Kier alpha value is -1.12. The Morgan fingerprint density at radius 1 is 0.419 bits per heavy atom. The number of cyclic esters (lactones) is 2. The number of carbonyl (C=O) groups excluding carboxylic acids is 2. The molecule has 0 aromatic heterocycles. The van der Waals surface area contributed by atoms with E-state index < -0.39 is 0 Å². The summed E-state index contributed by atoms with van der Waals surface area (Å²) in [5.41, 5.74) is 1.36. The zero-order valence-corrected chi connectivity index (χ0v) is 20.8. The standard InChI is InChI=1S/C28H50O3/c1-3-5-7-9-11-13-15-17-19-21-23-25-26(28(30)31-27(25)29)24-22-20-18-16-14-12-10-8-6-4-2/h3-24H2,1-2H3. The number of hydrogen-bond acceptors (Lipinski definition) is 3. The van der Waals surface area contributed by atoms with E-state index in [0.717, 1.165) is 25.7 Å². The van der Waals surface area contributed by atoms with Gasteiger partial charge in [-0.25, -0.2) is 9.59 Å². The minimum Gasteiger partial charge on any atom is -0.386 e. The Morgan fingerprint density at radius 2 is 0.677 bits per heavy atom. The highest BCUT2D eigenvalue weighted by molar-refractivity contribution is 6.12. The minimum atomic E-state index is -0.372. The van der Waals surface area contributed by atoms with Gasteiger partial charge in [0.05, 0.1) is 0 Å². The van der Waals surface area contributed by atoms with E-state index in [0.29, 0.717) is 24.0 Å². The summed E-state index contributed by atoms with van der Waals surface area (Å²) in [6, 6.07) is 0. The Balaban J connectivity index is 2.12. The third kappa shape index (κ3) is 13.8. The zero-order valence-electron chi connectivity index (χ0n) is 20.8. The van der Waals surface area contributed by atoms with Gasteiger partial charge in [0, 0.05) is 11.1 Å². The van der Waals surface area contributed by atoms with E-state index in [9.17, 15) is 9.59 Å². The highest BCUT2D eigenvalue weighted by atomic mass is 16.6. The molecule has 0 saturated carbocycles.